The summed E-state index contributed by atoms with van der Waals surface area (Å²) in [6, 6.07) is 33.6. The number of aromatic nitrogens is 4. The number of nitrogens with zero attached hydrogens (tertiary/aromatic N) is 4. The van der Waals surface area contributed by atoms with Crippen molar-refractivity contribution < 1.29 is 24.5 Å². The number of allylic oxidation sites excluding steroid dienone is 2. The quantitative estimate of drug-likeness (QED) is 0.166. The molecule has 5 nitrogen and oxygen atoms in total. The van der Waals surface area contributed by atoms with Crippen LogP contribution in [0.4, 0.5) is 0 Å². The van der Waals surface area contributed by atoms with Crippen molar-refractivity contribution in [3.05, 3.63) is 120 Å². The SMILES string of the molecule is Cc1ccc2c(n1)oc1c(-c3cc(CC(C)(C)C)ccn3)[c-]ccc12.[Ir].[c-]1ccccc1-c1nc2cccc3c2n1CC=C3C1CCCC1. The first-order valence-corrected chi connectivity index (χ1v) is 17.1. The Hall–Kier alpha value is -4.38. The fourth-order valence-electron chi connectivity index (χ4n) is 7.50. The smallest absolute Gasteiger partial charge is 0.216 e. The van der Waals surface area contributed by atoms with Gasteiger partial charge in [-0.1, -0.05) is 74.4 Å². The third-order valence-corrected chi connectivity index (χ3v) is 9.57. The first-order chi connectivity index (χ1) is 23.3. The molecule has 0 bridgehead atoms. The van der Waals surface area contributed by atoms with Crippen molar-refractivity contribution in [2.24, 2.45) is 11.3 Å². The zero-order chi connectivity index (χ0) is 32.8. The molecule has 2 aliphatic rings. The van der Waals surface area contributed by atoms with Gasteiger partial charge in [0.1, 0.15) is 0 Å². The average Bonchev–Trinajstić information content (AvgIpc) is 3.83. The van der Waals surface area contributed by atoms with E-state index in [2.05, 4.69) is 102 Å². The third-order valence-electron chi connectivity index (χ3n) is 9.57. The van der Waals surface area contributed by atoms with Crippen molar-refractivity contribution in [1.82, 2.24) is 19.5 Å². The zero-order valence-electron chi connectivity index (χ0n) is 28.5. The van der Waals surface area contributed by atoms with Gasteiger partial charge in [-0.05, 0) is 73.1 Å². The van der Waals surface area contributed by atoms with Crippen molar-refractivity contribution in [3.8, 4) is 22.6 Å². The Morgan fingerprint density at radius 3 is 2.55 bits per heavy atom. The number of fused-ring (bicyclic) bond motifs is 3. The molecule has 49 heavy (non-hydrogen) atoms. The number of benzene rings is 3. The molecule has 0 amide bonds. The predicted molar refractivity (Wildman–Crippen MR) is 195 cm³/mol. The van der Waals surface area contributed by atoms with Gasteiger partial charge in [0.2, 0.25) is 5.71 Å². The van der Waals surface area contributed by atoms with Gasteiger partial charge in [0, 0.05) is 49.5 Å². The summed E-state index contributed by atoms with van der Waals surface area (Å²) in [5.41, 5.74) is 12.2. The molecular weight excluding hydrogens is 781 g/mol. The van der Waals surface area contributed by atoms with E-state index in [1.807, 2.05) is 43.5 Å². The Balaban J connectivity index is 0.000000152. The van der Waals surface area contributed by atoms with Crippen molar-refractivity contribution in [2.45, 2.75) is 66.3 Å². The molecule has 1 radical (unpaired) electrons. The fourth-order valence-corrected chi connectivity index (χ4v) is 7.50. The van der Waals surface area contributed by atoms with E-state index < -0.39 is 0 Å². The Kier molecular flexibility index (Phi) is 9.13. The van der Waals surface area contributed by atoms with Gasteiger partial charge in [-0.2, -0.15) is 0 Å². The first kappa shape index (κ1) is 33.1. The van der Waals surface area contributed by atoms with E-state index in [0.29, 0.717) is 5.71 Å². The Morgan fingerprint density at radius 2 is 1.76 bits per heavy atom. The van der Waals surface area contributed by atoms with Crippen LogP contribution in [-0.4, -0.2) is 19.5 Å². The summed E-state index contributed by atoms with van der Waals surface area (Å²) in [4.78, 5) is 14.0. The fraction of sp³-hybridized carbons (Fsp3) is 0.279. The Labute approximate surface area is 301 Å². The molecule has 1 aliphatic heterocycles. The van der Waals surface area contributed by atoms with Crippen LogP contribution in [0.3, 0.4) is 0 Å². The normalized spacial score (nSPS) is 14.5. The van der Waals surface area contributed by atoms with E-state index in [4.69, 9.17) is 9.40 Å². The second-order valence-corrected chi connectivity index (χ2v) is 14.4. The van der Waals surface area contributed by atoms with Crippen LogP contribution in [0.15, 0.2) is 95.6 Å². The molecule has 249 valence electrons. The van der Waals surface area contributed by atoms with Crippen LogP contribution in [0, 0.1) is 30.4 Å². The van der Waals surface area contributed by atoms with Gasteiger partial charge in [-0.15, -0.1) is 54.1 Å². The number of aryl methyl sites for hydroxylation is 1. The molecule has 1 aliphatic carbocycles. The van der Waals surface area contributed by atoms with Gasteiger partial charge in [0.05, 0.1) is 22.4 Å². The average molecular weight is 821 g/mol. The minimum absolute atomic E-state index is 0. The summed E-state index contributed by atoms with van der Waals surface area (Å²) in [6.07, 6.45) is 10.7. The van der Waals surface area contributed by atoms with Gasteiger partial charge in [-0.3, -0.25) is 4.98 Å². The van der Waals surface area contributed by atoms with Gasteiger partial charge >= 0.3 is 0 Å². The molecule has 1 fully saturated rings. The molecule has 4 aromatic heterocycles. The maximum absolute atomic E-state index is 6.08. The van der Waals surface area contributed by atoms with E-state index >= 15 is 0 Å². The molecule has 0 saturated heterocycles. The van der Waals surface area contributed by atoms with Crippen LogP contribution < -0.4 is 0 Å². The minimum Gasteiger partial charge on any atom is -0.486 e. The Bertz CT molecular complexity index is 2300. The molecule has 6 heteroatoms. The Morgan fingerprint density at radius 1 is 0.898 bits per heavy atom. The van der Waals surface area contributed by atoms with E-state index in [1.54, 1.807) is 5.57 Å². The number of para-hydroxylation sites is 1. The number of imidazole rings is 1. The number of hydrogen-bond acceptors (Lipinski definition) is 4. The van der Waals surface area contributed by atoms with Gasteiger partial charge < -0.3 is 14.0 Å². The largest absolute Gasteiger partial charge is 0.486 e. The summed E-state index contributed by atoms with van der Waals surface area (Å²) in [7, 11) is 0. The predicted octanol–water partition coefficient (Wildman–Crippen LogP) is 10.8. The van der Waals surface area contributed by atoms with Crippen LogP contribution in [0.5, 0.6) is 0 Å². The number of pyridine rings is 2. The van der Waals surface area contributed by atoms with E-state index in [9.17, 15) is 0 Å². The summed E-state index contributed by atoms with van der Waals surface area (Å²) in [5, 5.41) is 2.08. The third kappa shape index (κ3) is 6.52. The molecule has 7 aromatic rings. The number of furan rings is 1. The second-order valence-electron chi connectivity index (χ2n) is 14.4. The maximum atomic E-state index is 6.08. The van der Waals surface area contributed by atoms with Crippen molar-refractivity contribution in [1.29, 1.82) is 0 Å². The summed E-state index contributed by atoms with van der Waals surface area (Å²) >= 11 is 0. The van der Waals surface area contributed by atoms with Crippen LogP contribution in [0.2, 0.25) is 0 Å². The maximum Gasteiger partial charge on any atom is 0.216 e. The van der Waals surface area contributed by atoms with E-state index in [-0.39, 0.29) is 25.5 Å². The molecule has 3 aromatic carbocycles. The molecule has 0 atom stereocenters. The standard InChI is InChI=1S/C22H21N2O.C21H19N2.Ir/c1-14-8-9-17-16-6-5-7-18(20(16)25-21(17)24-14)19-12-15(10-11-23-19)13-22(2,3)4;1-2-9-16(10-3-1)21-22-19-12-6-11-18-17(15-7-4-5-8-15)13-14-23(21)20(18)19;/h5-6,8-12H,13H2,1-4H3;1-3,6,9,11-13,15H,4-5,7-8,14H2;/q2*-1;. The van der Waals surface area contributed by atoms with Crippen LogP contribution in [0.25, 0.3) is 61.3 Å². The van der Waals surface area contributed by atoms with Gasteiger partial charge in [-0.25, -0.2) is 4.98 Å². The molecule has 0 N–H and O–H groups in total. The molecule has 0 unspecified atom stereocenters. The van der Waals surface area contributed by atoms with Gasteiger partial charge in [0.15, 0.2) is 0 Å². The molecular formula is C43H40IrN4O-2. The van der Waals surface area contributed by atoms with Crippen LogP contribution in [0.1, 0.15) is 63.3 Å². The molecule has 5 heterocycles. The topological polar surface area (TPSA) is 56.7 Å². The van der Waals surface area contributed by atoms with E-state index in [1.165, 1.54) is 42.3 Å². The molecule has 1 saturated carbocycles. The molecule has 0 spiro atoms. The summed E-state index contributed by atoms with van der Waals surface area (Å²) < 4.78 is 8.43. The number of hydrogen-bond donors (Lipinski definition) is 0. The zero-order valence-corrected chi connectivity index (χ0v) is 30.9. The minimum atomic E-state index is 0. The second kappa shape index (κ2) is 13.5. The summed E-state index contributed by atoms with van der Waals surface area (Å²) in [5.74, 6) is 1.78. The number of rotatable bonds is 4. The summed E-state index contributed by atoms with van der Waals surface area (Å²) in [6.45, 7) is 9.63. The van der Waals surface area contributed by atoms with Crippen molar-refractivity contribution in [2.75, 3.05) is 0 Å². The van der Waals surface area contributed by atoms with Crippen LogP contribution in [-0.2, 0) is 33.1 Å². The first-order valence-electron chi connectivity index (χ1n) is 17.1. The van der Waals surface area contributed by atoms with Crippen LogP contribution >= 0.6 is 0 Å². The monoisotopic (exact) mass is 821 g/mol. The van der Waals surface area contributed by atoms with Crippen molar-refractivity contribution in [3.63, 3.8) is 0 Å². The van der Waals surface area contributed by atoms with E-state index in [0.717, 1.165) is 69.1 Å². The molecule has 9 rings (SSSR count). The van der Waals surface area contributed by atoms with Gasteiger partial charge in [0.25, 0.3) is 0 Å². The van der Waals surface area contributed by atoms with Crippen molar-refractivity contribution >= 4 is 38.7 Å².